The lowest BCUT2D eigenvalue weighted by Gasteiger charge is -2.05. The smallest absolute Gasteiger partial charge is 0.0461 e. The van der Waals surface area contributed by atoms with Crippen LogP contribution in [-0.4, -0.2) is 4.98 Å². The predicted molar refractivity (Wildman–Crippen MR) is 45.7 cm³/mol. The van der Waals surface area contributed by atoms with E-state index in [0.717, 1.165) is 16.6 Å². The maximum atomic E-state index is 5.78. The second-order valence-corrected chi connectivity index (χ2v) is 3.11. The Morgan fingerprint density at radius 1 is 1.80 bits per heavy atom. The summed E-state index contributed by atoms with van der Waals surface area (Å²) >= 11 is 3.40. The Morgan fingerprint density at radius 3 is 2.90 bits per heavy atom. The number of hydrogen-bond donors (Lipinski definition) is 2. The normalized spacial score (nSPS) is 13.5. The average Bonchev–Trinajstić information content (AvgIpc) is 2.34. The molecule has 1 aromatic heterocycles. The van der Waals surface area contributed by atoms with Crippen molar-refractivity contribution in [2.75, 3.05) is 0 Å². The van der Waals surface area contributed by atoms with Crippen molar-refractivity contribution >= 4 is 15.9 Å². The van der Waals surface area contributed by atoms with Gasteiger partial charge in [0.25, 0.3) is 0 Å². The van der Waals surface area contributed by atoms with E-state index in [1.807, 2.05) is 12.3 Å². The highest BCUT2D eigenvalue weighted by molar-refractivity contribution is 9.10. The van der Waals surface area contributed by atoms with Gasteiger partial charge in [0.2, 0.25) is 0 Å². The molecule has 3 heteroatoms. The summed E-state index contributed by atoms with van der Waals surface area (Å²) in [5, 5.41) is 0. The number of H-pyrrole nitrogens is 1. The lowest BCUT2D eigenvalue weighted by Crippen LogP contribution is -2.09. The average molecular weight is 203 g/mol. The van der Waals surface area contributed by atoms with Crippen molar-refractivity contribution in [2.24, 2.45) is 5.73 Å². The third kappa shape index (κ3) is 1.41. The van der Waals surface area contributed by atoms with Crippen LogP contribution in [-0.2, 0) is 0 Å². The van der Waals surface area contributed by atoms with E-state index in [2.05, 4.69) is 27.8 Å². The van der Waals surface area contributed by atoms with Crippen LogP contribution in [0.15, 0.2) is 16.7 Å². The van der Waals surface area contributed by atoms with E-state index in [0.29, 0.717) is 0 Å². The Hall–Kier alpha value is -0.280. The molecule has 1 rings (SSSR count). The van der Waals surface area contributed by atoms with Crippen LogP contribution in [0.4, 0.5) is 0 Å². The Balaban J connectivity index is 2.82. The van der Waals surface area contributed by atoms with Gasteiger partial charge in [0, 0.05) is 22.4 Å². The van der Waals surface area contributed by atoms with Gasteiger partial charge < -0.3 is 10.7 Å². The van der Waals surface area contributed by atoms with E-state index in [1.165, 1.54) is 0 Å². The molecule has 1 unspecified atom stereocenters. The first-order valence-electron chi connectivity index (χ1n) is 3.34. The molecule has 1 atom stereocenters. The number of aromatic amines is 1. The minimum Gasteiger partial charge on any atom is -0.363 e. The van der Waals surface area contributed by atoms with Crippen LogP contribution in [0.25, 0.3) is 0 Å². The molecule has 10 heavy (non-hydrogen) atoms. The van der Waals surface area contributed by atoms with E-state index in [-0.39, 0.29) is 6.04 Å². The number of halogens is 1. The van der Waals surface area contributed by atoms with E-state index >= 15 is 0 Å². The maximum Gasteiger partial charge on any atom is 0.0461 e. The molecule has 1 aromatic rings. The first kappa shape index (κ1) is 7.82. The van der Waals surface area contributed by atoms with Crippen molar-refractivity contribution in [3.63, 3.8) is 0 Å². The lowest BCUT2D eigenvalue weighted by molar-refractivity contribution is 0.677. The van der Waals surface area contributed by atoms with Crippen molar-refractivity contribution in [1.29, 1.82) is 0 Å². The van der Waals surface area contributed by atoms with Crippen LogP contribution in [0.2, 0.25) is 0 Å². The second-order valence-electron chi connectivity index (χ2n) is 2.25. The van der Waals surface area contributed by atoms with Gasteiger partial charge in [-0.25, -0.2) is 0 Å². The summed E-state index contributed by atoms with van der Waals surface area (Å²) in [7, 11) is 0. The Labute approximate surface area is 68.9 Å². The molecule has 0 aliphatic heterocycles. The minimum atomic E-state index is 0.129. The summed E-state index contributed by atoms with van der Waals surface area (Å²) in [5.41, 5.74) is 6.86. The number of nitrogens with one attached hydrogen (secondary N) is 1. The molecular weight excluding hydrogens is 192 g/mol. The Bertz CT molecular complexity index is 207. The standard InChI is InChI=1S/C7H11BrN2/c1-2-6(9)7-5(8)3-4-10-7/h3-4,6,10H,2,9H2,1H3. The van der Waals surface area contributed by atoms with Gasteiger partial charge in [-0.2, -0.15) is 0 Å². The molecule has 0 aromatic carbocycles. The second kappa shape index (κ2) is 3.21. The fourth-order valence-corrected chi connectivity index (χ4v) is 1.39. The van der Waals surface area contributed by atoms with Crippen LogP contribution in [0.3, 0.4) is 0 Å². The first-order chi connectivity index (χ1) is 4.75. The summed E-state index contributed by atoms with van der Waals surface area (Å²) in [6.45, 7) is 2.07. The third-order valence-electron chi connectivity index (χ3n) is 1.54. The molecule has 0 saturated heterocycles. The highest BCUT2D eigenvalue weighted by Crippen LogP contribution is 2.21. The zero-order chi connectivity index (χ0) is 7.56. The highest BCUT2D eigenvalue weighted by atomic mass is 79.9. The zero-order valence-corrected chi connectivity index (χ0v) is 7.48. The summed E-state index contributed by atoms with van der Waals surface area (Å²) in [6, 6.07) is 2.09. The van der Waals surface area contributed by atoms with Gasteiger partial charge in [0.1, 0.15) is 0 Å². The molecule has 0 fully saturated rings. The van der Waals surface area contributed by atoms with Gasteiger partial charge in [-0.1, -0.05) is 6.92 Å². The number of aromatic nitrogens is 1. The van der Waals surface area contributed by atoms with Gasteiger partial charge in [-0.05, 0) is 28.4 Å². The van der Waals surface area contributed by atoms with Crippen LogP contribution in [0, 0.1) is 0 Å². The molecule has 3 N–H and O–H groups in total. The molecular formula is C7H11BrN2. The van der Waals surface area contributed by atoms with Gasteiger partial charge in [-0.15, -0.1) is 0 Å². The highest BCUT2D eigenvalue weighted by Gasteiger charge is 2.06. The van der Waals surface area contributed by atoms with Crippen molar-refractivity contribution in [3.8, 4) is 0 Å². The monoisotopic (exact) mass is 202 g/mol. The van der Waals surface area contributed by atoms with E-state index in [1.54, 1.807) is 0 Å². The number of rotatable bonds is 2. The number of nitrogens with two attached hydrogens (primary N) is 1. The summed E-state index contributed by atoms with van der Waals surface area (Å²) < 4.78 is 1.07. The Morgan fingerprint density at radius 2 is 2.50 bits per heavy atom. The van der Waals surface area contributed by atoms with E-state index in [4.69, 9.17) is 5.73 Å². The van der Waals surface area contributed by atoms with Crippen molar-refractivity contribution in [1.82, 2.24) is 4.98 Å². The SMILES string of the molecule is CCC(N)c1[nH]ccc1Br. The van der Waals surface area contributed by atoms with E-state index < -0.39 is 0 Å². The molecule has 0 aliphatic carbocycles. The lowest BCUT2D eigenvalue weighted by atomic mass is 10.2. The fourth-order valence-electron chi connectivity index (χ4n) is 0.852. The molecule has 0 spiro atoms. The van der Waals surface area contributed by atoms with E-state index in [9.17, 15) is 0 Å². The molecule has 0 aliphatic rings. The molecule has 0 radical (unpaired) electrons. The molecule has 0 amide bonds. The molecule has 1 heterocycles. The topological polar surface area (TPSA) is 41.8 Å². The van der Waals surface area contributed by atoms with Crippen molar-refractivity contribution in [3.05, 3.63) is 22.4 Å². The Kier molecular flexibility index (Phi) is 2.51. The van der Waals surface area contributed by atoms with Crippen molar-refractivity contribution in [2.45, 2.75) is 19.4 Å². The maximum absolute atomic E-state index is 5.78. The van der Waals surface area contributed by atoms with Gasteiger partial charge in [-0.3, -0.25) is 0 Å². The largest absolute Gasteiger partial charge is 0.363 e. The van der Waals surface area contributed by atoms with Crippen molar-refractivity contribution < 1.29 is 0 Å². The summed E-state index contributed by atoms with van der Waals surface area (Å²) in [6.07, 6.45) is 2.84. The molecule has 2 nitrogen and oxygen atoms in total. The summed E-state index contributed by atoms with van der Waals surface area (Å²) in [5.74, 6) is 0. The predicted octanol–water partition coefficient (Wildman–Crippen LogP) is 2.19. The van der Waals surface area contributed by atoms with Gasteiger partial charge in [0.15, 0.2) is 0 Å². The quantitative estimate of drug-likeness (QED) is 0.759. The molecule has 0 bridgehead atoms. The number of hydrogen-bond acceptors (Lipinski definition) is 1. The van der Waals surface area contributed by atoms with Crippen LogP contribution in [0.5, 0.6) is 0 Å². The fraction of sp³-hybridized carbons (Fsp3) is 0.429. The minimum absolute atomic E-state index is 0.129. The molecule has 0 saturated carbocycles. The van der Waals surface area contributed by atoms with Crippen LogP contribution < -0.4 is 5.73 Å². The summed E-state index contributed by atoms with van der Waals surface area (Å²) in [4.78, 5) is 3.08. The van der Waals surface area contributed by atoms with Crippen LogP contribution in [0.1, 0.15) is 25.1 Å². The van der Waals surface area contributed by atoms with Crippen LogP contribution >= 0.6 is 15.9 Å². The first-order valence-corrected chi connectivity index (χ1v) is 4.13. The zero-order valence-electron chi connectivity index (χ0n) is 5.89. The van der Waals surface area contributed by atoms with Gasteiger partial charge in [0.05, 0.1) is 0 Å². The third-order valence-corrected chi connectivity index (χ3v) is 2.23. The molecule has 56 valence electrons. The van der Waals surface area contributed by atoms with Gasteiger partial charge >= 0.3 is 0 Å².